The number of benzene rings is 1. The molecule has 1 fully saturated rings. The van der Waals surface area contributed by atoms with E-state index in [1.807, 2.05) is 30.3 Å². The van der Waals surface area contributed by atoms with E-state index in [1.54, 1.807) is 11.3 Å². The van der Waals surface area contributed by atoms with E-state index in [0.29, 0.717) is 6.04 Å². The number of aromatic hydroxyl groups is 1. The molecule has 0 spiro atoms. The standard InChI is InChI=1S/C17H23N3OS/c21-16-15(11-12-18-13-7-3-1-4-8-13)22-17(20-16)19-14-9-5-2-6-10-14/h1,3-4,7-8,14,18,21H,2,5-6,9-12H2,(H,19,20). The average molecular weight is 317 g/mol. The van der Waals surface area contributed by atoms with Crippen molar-refractivity contribution in [1.29, 1.82) is 0 Å². The molecule has 1 heterocycles. The van der Waals surface area contributed by atoms with Crippen LogP contribution in [0.1, 0.15) is 37.0 Å². The zero-order chi connectivity index (χ0) is 15.2. The highest BCUT2D eigenvalue weighted by molar-refractivity contribution is 7.15. The van der Waals surface area contributed by atoms with E-state index in [-0.39, 0.29) is 5.88 Å². The van der Waals surface area contributed by atoms with E-state index in [0.717, 1.165) is 28.7 Å². The molecule has 2 aromatic rings. The number of hydrogen-bond donors (Lipinski definition) is 3. The van der Waals surface area contributed by atoms with Gasteiger partial charge in [-0.2, -0.15) is 4.98 Å². The molecule has 1 aliphatic rings. The monoisotopic (exact) mass is 317 g/mol. The van der Waals surface area contributed by atoms with Crippen LogP contribution in [0, 0.1) is 0 Å². The maximum absolute atomic E-state index is 9.99. The lowest BCUT2D eigenvalue weighted by molar-refractivity contribution is 0.448. The second-order valence-corrected chi connectivity index (χ2v) is 6.87. The molecule has 0 aliphatic heterocycles. The van der Waals surface area contributed by atoms with Crippen LogP contribution in [0.25, 0.3) is 0 Å². The molecule has 1 saturated carbocycles. The summed E-state index contributed by atoms with van der Waals surface area (Å²) in [6.07, 6.45) is 7.14. The molecule has 4 nitrogen and oxygen atoms in total. The Labute approximate surface area is 135 Å². The summed E-state index contributed by atoms with van der Waals surface area (Å²) >= 11 is 1.58. The van der Waals surface area contributed by atoms with Gasteiger partial charge in [0.15, 0.2) is 5.13 Å². The number of para-hydroxylation sites is 1. The van der Waals surface area contributed by atoms with Gasteiger partial charge in [0.2, 0.25) is 5.88 Å². The van der Waals surface area contributed by atoms with Crippen molar-refractivity contribution in [3.63, 3.8) is 0 Å². The second kappa shape index (κ2) is 7.49. The highest BCUT2D eigenvalue weighted by Gasteiger charge is 2.16. The second-order valence-electron chi connectivity index (χ2n) is 5.79. The molecule has 1 aromatic heterocycles. The van der Waals surface area contributed by atoms with Crippen molar-refractivity contribution in [3.8, 4) is 5.88 Å². The van der Waals surface area contributed by atoms with Crippen LogP contribution in [-0.4, -0.2) is 22.7 Å². The van der Waals surface area contributed by atoms with Crippen LogP contribution in [0.15, 0.2) is 30.3 Å². The van der Waals surface area contributed by atoms with Crippen molar-refractivity contribution < 1.29 is 5.11 Å². The van der Waals surface area contributed by atoms with Gasteiger partial charge in [-0.25, -0.2) is 0 Å². The van der Waals surface area contributed by atoms with Crippen molar-refractivity contribution >= 4 is 22.2 Å². The summed E-state index contributed by atoms with van der Waals surface area (Å²) in [4.78, 5) is 5.21. The van der Waals surface area contributed by atoms with Crippen molar-refractivity contribution in [3.05, 3.63) is 35.2 Å². The minimum Gasteiger partial charge on any atom is -0.492 e. The molecule has 118 valence electrons. The van der Waals surface area contributed by atoms with Gasteiger partial charge in [-0.3, -0.25) is 0 Å². The van der Waals surface area contributed by atoms with E-state index in [4.69, 9.17) is 0 Å². The Balaban J connectivity index is 1.51. The molecule has 1 aliphatic carbocycles. The number of rotatable bonds is 6. The highest BCUT2D eigenvalue weighted by Crippen LogP contribution is 2.30. The molecule has 3 N–H and O–H groups in total. The number of nitrogens with zero attached hydrogens (tertiary/aromatic N) is 1. The molecule has 0 amide bonds. The van der Waals surface area contributed by atoms with Crippen molar-refractivity contribution in [2.24, 2.45) is 0 Å². The molecule has 0 saturated heterocycles. The lowest BCUT2D eigenvalue weighted by Crippen LogP contribution is -2.21. The third-order valence-electron chi connectivity index (χ3n) is 4.06. The summed E-state index contributed by atoms with van der Waals surface area (Å²) in [7, 11) is 0. The Kier molecular flexibility index (Phi) is 5.16. The van der Waals surface area contributed by atoms with E-state index >= 15 is 0 Å². The van der Waals surface area contributed by atoms with Gasteiger partial charge in [0.1, 0.15) is 0 Å². The van der Waals surface area contributed by atoms with Crippen molar-refractivity contribution in [2.75, 3.05) is 17.2 Å². The van der Waals surface area contributed by atoms with Gasteiger partial charge in [-0.05, 0) is 25.0 Å². The summed E-state index contributed by atoms with van der Waals surface area (Å²) in [5.74, 6) is 0.179. The first-order chi connectivity index (χ1) is 10.8. The van der Waals surface area contributed by atoms with Crippen LogP contribution in [-0.2, 0) is 6.42 Å². The number of nitrogens with one attached hydrogen (secondary N) is 2. The minimum atomic E-state index is 0.179. The third kappa shape index (κ3) is 4.13. The number of anilines is 2. The first-order valence-corrected chi connectivity index (χ1v) is 8.87. The van der Waals surface area contributed by atoms with Gasteiger partial charge in [-0.15, -0.1) is 0 Å². The Hall–Kier alpha value is -1.75. The smallest absolute Gasteiger partial charge is 0.227 e. The molecule has 0 unspecified atom stereocenters. The van der Waals surface area contributed by atoms with Gasteiger partial charge < -0.3 is 15.7 Å². The average Bonchev–Trinajstić information content (AvgIpc) is 2.89. The van der Waals surface area contributed by atoms with E-state index in [9.17, 15) is 5.11 Å². The first-order valence-electron chi connectivity index (χ1n) is 8.05. The van der Waals surface area contributed by atoms with Crippen LogP contribution in [0.3, 0.4) is 0 Å². The molecule has 0 atom stereocenters. The summed E-state index contributed by atoms with van der Waals surface area (Å²) in [6, 6.07) is 10.6. The Morgan fingerprint density at radius 3 is 2.68 bits per heavy atom. The van der Waals surface area contributed by atoms with Crippen LogP contribution in [0.4, 0.5) is 10.8 Å². The Morgan fingerprint density at radius 2 is 1.91 bits per heavy atom. The third-order valence-corrected chi connectivity index (χ3v) is 5.10. The Morgan fingerprint density at radius 1 is 1.14 bits per heavy atom. The van der Waals surface area contributed by atoms with Gasteiger partial charge >= 0.3 is 0 Å². The lowest BCUT2D eigenvalue weighted by Gasteiger charge is -2.22. The fourth-order valence-electron chi connectivity index (χ4n) is 2.87. The van der Waals surface area contributed by atoms with E-state index in [1.165, 1.54) is 32.1 Å². The van der Waals surface area contributed by atoms with Crippen molar-refractivity contribution in [1.82, 2.24) is 4.98 Å². The quantitative estimate of drug-likeness (QED) is 0.745. The molecular formula is C17H23N3OS. The van der Waals surface area contributed by atoms with Crippen LogP contribution >= 0.6 is 11.3 Å². The Bertz CT molecular complexity index is 579. The van der Waals surface area contributed by atoms with Gasteiger partial charge in [0.05, 0.1) is 4.88 Å². The summed E-state index contributed by atoms with van der Waals surface area (Å²) in [6.45, 7) is 0.794. The number of thiazole rings is 1. The maximum atomic E-state index is 9.99. The lowest BCUT2D eigenvalue weighted by atomic mass is 9.96. The minimum absolute atomic E-state index is 0.179. The summed E-state index contributed by atoms with van der Waals surface area (Å²) in [5, 5.41) is 17.7. The van der Waals surface area contributed by atoms with Crippen LogP contribution in [0.2, 0.25) is 0 Å². The molecule has 0 radical (unpaired) electrons. The summed E-state index contributed by atoms with van der Waals surface area (Å²) < 4.78 is 0. The molecule has 22 heavy (non-hydrogen) atoms. The molecular weight excluding hydrogens is 294 g/mol. The van der Waals surface area contributed by atoms with Crippen LogP contribution < -0.4 is 10.6 Å². The number of hydrogen-bond acceptors (Lipinski definition) is 5. The summed E-state index contributed by atoms with van der Waals surface area (Å²) in [5.41, 5.74) is 1.10. The fraction of sp³-hybridized carbons (Fsp3) is 0.471. The first kappa shape index (κ1) is 15.2. The maximum Gasteiger partial charge on any atom is 0.227 e. The predicted octanol–water partition coefficient (Wildman–Crippen LogP) is 4.25. The van der Waals surface area contributed by atoms with E-state index in [2.05, 4.69) is 15.6 Å². The molecule has 3 rings (SSSR count). The zero-order valence-electron chi connectivity index (χ0n) is 12.7. The fourth-order valence-corrected chi connectivity index (χ4v) is 3.80. The zero-order valence-corrected chi connectivity index (χ0v) is 13.5. The van der Waals surface area contributed by atoms with Gasteiger partial charge in [0, 0.05) is 24.7 Å². The van der Waals surface area contributed by atoms with Gasteiger partial charge in [-0.1, -0.05) is 48.8 Å². The van der Waals surface area contributed by atoms with Crippen molar-refractivity contribution in [2.45, 2.75) is 44.6 Å². The topological polar surface area (TPSA) is 57.2 Å². The molecule has 1 aromatic carbocycles. The SMILES string of the molecule is Oc1nc(NC2CCCCC2)sc1CCNc1ccccc1. The molecule has 5 heteroatoms. The number of aromatic nitrogens is 1. The predicted molar refractivity (Wildman–Crippen MR) is 92.9 cm³/mol. The highest BCUT2D eigenvalue weighted by atomic mass is 32.1. The largest absolute Gasteiger partial charge is 0.492 e. The van der Waals surface area contributed by atoms with E-state index < -0.39 is 0 Å². The van der Waals surface area contributed by atoms with Gasteiger partial charge in [0.25, 0.3) is 0 Å². The molecule has 0 bridgehead atoms. The van der Waals surface area contributed by atoms with Crippen LogP contribution in [0.5, 0.6) is 5.88 Å². The normalized spacial score (nSPS) is 15.6.